The monoisotopic (exact) mass is 237 g/mol. The lowest BCUT2D eigenvalue weighted by molar-refractivity contribution is 0.401. The van der Waals surface area contributed by atoms with Crippen molar-refractivity contribution in [1.29, 1.82) is 0 Å². The maximum atomic E-state index is 5.33. The summed E-state index contributed by atoms with van der Waals surface area (Å²) in [6.07, 6.45) is 1.64. The van der Waals surface area contributed by atoms with Crippen molar-refractivity contribution in [3.63, 3.8) is 0 Å². The molecule has 0 aliphatic carbocycles. The summed E-state index contributed by atoms with van der Waals surface area (Å²) in [5.74, 6) is 0.564. The number of methoxy groups -OCH3 is 1. The van der Waals surface area contributed by atoms with Crippen molar-refractivity contribution in [3.05, 3.63) is 48.7 Å². The first-order valence-electron chi connectivity index (χ1n) is 5.60. The number of fused-ring (bicyclic) bond motifs is 1. The largest absolute Gasteiger partial charge is 0.480 e. The van der Waals surface area contributed by atoms with E-state index < -0.39 is 0 Å². The highest BCUT2D eigenvalue weighted by Crippen LogP contribution is 2.29. The van der Waals surface area contributed by atoms with Gasteiger partial charge in [-0.05, 0) is 24.3 Å². The molecule has 0 amide bonds. The van der Waals surface area contributed by atoms with Crippen LogP contribution in [0.4, 0.5) is 0 Å². The van der Waals surface area contributed by atoms with Gasteiger partial charge in [0.2, 0.25) is 5.88 Å². The zero-order valence-electron chi connectivity index (χ0n) is 9.87. The van der Waals surface area contributed by atoms with Crippen LogP contribution in [-0.2, 0) is 0 Å². The number of hydrogen-bond acceptors (Lipinski definition) is 4. The molecule has 0 saturated heterocycles. The summed E-state index contributed by atoms with van der Waals surface area (Å²) in [6.45, 7) is 0. The van der Waals surface area contributed by atoms with Gasteiger partial charge >= 0.3 is 0 Å². The van der Waals surface area contributed by atoms with Crippen molar-refractivity contribution >= 4 is 10.9 Å². The van der Waals surface area contributed by atoms with E-state index in [1.165, 1.54) is 0 Å². The van der Waals surface area contributed by atoms with E-state index in [4.69, 9.17) is 4.74 Å². The summed E-state index contributed by atoms with van der Waals surface area (Å²) in [5, 5.41) is 9.03. The van der Waals surface area contributed by atoms with Gasteiger partial charge < -0.3 is 4.74 Å². The van der Waals surface area contributed by atoms with E-state index in [0.29, 0.717) is 5.88 Å². The lowest BCUT2D eigenvalue weighted by atomic mass is 10.1. The Kier molecular flexibility index (Phi) is 2.61. The Morgan fingerprint density at radius 2 is 1.94 bits per heavy atom. The van der Waals surface area contributed by atoms with Crippen LogP contribution in [0.15, 0.2) is 48.7 Å². The fourth-order valence-corrected chi connectivity index (χ4v) is 1.88. The van der Waals surface area contributed by atoms with E-state index in [1.54, 1.807) is 13.3 Å². The van der Waals surface area contributed by atoms with Gasteiger partial charge in [0, 0.05) is 11.6 Å². The third-order valence-electron chi connectivity index (χ3n) is 2.73. The van der Waals surface area contributed by atoms with Crippen LogP contribution >= 0.6 is 0 Å². The predicted octanol–water partition coefficient (Wildman–Crippen LogP) is 2.70. The Balaban J connectivity index is 2.27. The Bertz CT molecular complexity index is 683. The number of rotatable bonds is 2. The number of pyridine rings is 1. The number of aromatic nitrogens is 3. The molecule has 3 aromatic rings. The zero-order chi connectivity index (χ0) is 12.4. The smallest absolute Gasteiger partial charge is 0.223 e. The molecule has 0 aliphatic heterocycles. The number of benzene rings is 1. The van der Waals surface area contributed by atoms with E-state index in [-0.39, 0.29) is 0 Å². The molecule has 0 unspecified atom stereocenters. The minimum atomic E-state index is 0.564. The number of ether oxygens (including phenoxy) is 1. The molecule has 4 nitrogen and oxygen atoms in total. The molecule has 0 saturated carbocycles. The second kappa shape index (κ2) is 4.41. The lowest BCUT2D eigenvalue weighted by Crippen LogP contribution is -1.94. The van der Waals surface area contributed by atoms with E-state index in [2.05, 4.69) is 15.2 Å². The molecule has 1 aromatic carbocycles. The SMILES string of the molecule is COc1nc2ccccc2cc1-c1cccnn1. The Morgan fingerprint density at radius 1 is 1.06 bits per heavy atom. The maximum absolute atomic E-state index is 5.33. The van der Waals surface area contributed by atoms with Crippen LogP contribution in [0.25, 0.3) is 22.2 Å². The van der Waals surface area contributed by atoms with Gasteiger partial charge in [-0.1, -0.05) is 18.2 Å². The standard InChI is InChI=1S/C14H11N3O/c1-18-14-11(13-7-4-8-15-17-13)9-10-5-2-3-6-12(10)16-14/h2-9H,1H3. The molecule has 0 radical (unpaired) electrons. The Hall–Kier alpha value is -2.49. The molecular weight excluding hydrogens is 226 g/mol. The zero-order valence-corrected chi connectivity index (χ0v) is 9.87. The molecule has 0 fully saturated rings. The first-order chi connectivity index (χ1) is 8.88. The summed E-state index contributed by atoms with van der Waals surface area (Å²) in [6, 6.07) is 13.7. The number of para-hydroxylation sites is 1. The molecule has 3 rings (SSSR count). The van der Waals surface area contributed by atoms with E-state index >= 15 is 0 Å². The fourth-order valence-electron chi connectivity index (χ4n) is 1.88. The van der Waals surface area contributed by atoms with Gasteiger partial charge in [-0.25, -0.2) is 4.98 Å². The summed E-state index contributed by atoms with van der Waals surface area (Å²) >= 11 is 0. The molecule has 0 atom stereocenters. The molecule has 0 bridgehead atoms. The lowest BCUT2D eigenvalue weighted by Gasteiger charge is -2.08. The van der Waals surface area contributed by atoms with Crippen molar-refractivity contribution in [3.8, 4) is 17.1 Å². The summed E-state index contributed by atoms with van der Waals surface area (Å²) in [4.78, 5) is 4.48. The van der Waals surface area contributed by atoms with E-state index in [9.17, 15) is 0 Å². The third kappa shape index (κ3) is 1.78. The highest BCUT2D eigenvalue weighted by Gasteiger charge is 2.10. The van der Waals surface area contributed by atoms with Gasteiger partial charge in [-0.15, -0.1) is 0 Å². The third-order valence-corrected chi connectivity index (χ3v) is 2.73. The van der Waals surface area contributed by atoms with Crippen molar-refractivity contribution < 1.29 is 4.74 Å². The molecule has 88 valence electrons. The Labute approximate surface area is 104 Å². The van der Waals surface area contributed by atoms with Crippen LogP contribution in [0.1, 0.15) is 0 Å². The van der Waals surface area contributed by atoms with Crippen LogP contribution < -0.4 is 4.74 Å². The average molecular weight is 237 g/mol. The molecule has 0 N–H and O–H groups in total. The van der Waals surface area contributed by atoms with Crippen molar-refractivity contribution in [2.24, 2.45) is 0 Å². The Morgan fingerprint density at radius 3 is 2.72 bits per heavy atom. The van der Waals surface area contributed by atoms with Crippen LogP contribution in [0.3, 0.4) is 0 Å². The van der Waals surface area contributed by atoms with Crippen LogP contribution in [0.5, 0.6) is 5.88 Å². The molecule has 0 spiro atoms. The van der Waals surface area contributed by atoms with Gasteiger partial charge in [-0.2, -0.15) is 10.2 Å². The predicted molar refractivity (Wildman–Crippen MR) is 69.3 cm³/mol. The molecule has 4 heteroatoms. The number of nitrogens with zero attached hydrogens (tertiary/aromatic N) is 3. The average Bonchev–Trinajstić information content (AvgIpc) is 2.46. The van der Waals surface area contributed by atoms with Gasteiger partial charge in [0.25, 0.3) is 0 Å². The molecule has 2 aromatic heterocycles. The molecule has 2 heterocycles. The first-order valence-corrected chi connectivity index (χ1v) is 5.60. The topological polar surface area (TPSA) is 47.9 Å². The second-order valence-electron chi connectivity index (χ2n) is 3.85. The van der Waals surface area contributed by atoms with Gasteiger partial charge in [0.1, 0.15) is 0 Å². The minimum Gasteiger partial charge on any atom is -0.480 e. The fraction of sp³-hybridized carbons (Fsp3) is 0.0714. The molecule has 0 aliphatic rings. The quantitative estimate of drug-likeness (QED) is 0.687. The highest BCUT2D eigenvalue weighted by molar-refractivity contribution is 5.85. The first kappa shape index (κ1) is 10.7. The summed E-state index contributed by atoms with van der Waals surface area (Å²) in [7, 11) is 1.61. The van der Waals surface area contributed by atoms with Crippen LogP contribution in [0.2, 0.25) is 0 Å². The van der Waals surface area contributed by atoms with Crippen LogP contribution in [-0.4, -0.2) is 22.3 Å². The molecular formula is C14H11N3O. The number of hydrogen-bond donors (Lipinski definition) is 0. The van der Waals surface area contributed by atoms with Gasteiger partial charge in [0.05, 0.1) is 23.9 Å². The normalized spacial score (nSPS) is 10.5. The van der Waals surface area contributed by atoms with Crippen molar-refractivity contribution in [1.82, 2.24) is 15.2 Å². The van der Waals surface area contributed by atoms with Crippen molar-refractivity contribution in [2.75, 3.05) is 7.11 Å². The minimum absolute atomic E-state index is 0.564. The summed E-state index contributed by atoms with van der Waals surface area (Å²) < 4.78 is 5.33. The maximum Gasteiger partial charge on any atom is 0.223 e. The highest BCUT2D eigenvalue weighted by atomic mass is 16.5. The second-order valence-corrected chi connectivity index (χ2v) is 3.85. The molecule has 18 heavy (non-hydrogen) atoms. The van der Waals surface area contributed by atoms with Crippen molar-refractivity contribution in [2.45, 2.75) is 0 Å². The van der Waals surface area contributed by atoms with E-state index in [1.807, 2.05) is 42.5 Å². The van der Waals surface area contributed by atoms with E-state index in [0.717, 1.165) is 22.2 Å². The summed E-state index contributed by atoms with van der Waals surface area (Å²) in [5.41, 5.74) is 2.51. The van der Waals surface area contributed by atoms with Gasteiger partial charge in [-0.3, -0.25) is 0 Å². The van der Waals surface area contributed by atoms with Crippen LogP contribution in [0, 0.1) is 0 Å². The van der Waals surface area contributed by atoms with Gasteiger partial charge in [0.15, 0.2) is 0 Å².